The van der Waals surface area contributed by atoms with E-state index in [4.69, 9.17) is 10.5 Å². The van der Waals surface area contributed by atoms with Gasteiger partial charge in [-0.3, -0.25) is 9.59 Å². The third kappa shape index (κ3) is 5.12. The lowest BCUT2D eigenvalue weighted by Gasteiger charge is -2.33. The van der Waals surface area contributed by atoms with Gasteiger partial charge < -0.3 is 15.8 Å². The first-order valence-corrected chi connectivity index (χ1v) is 11.8. The smallest absolute Gasteiger partial charge is 0.266 e. The Morgan fingerprint density at radius 2 is 1.97 bits per heavy atom. The van der Waals surface area contributed by atoms with E-state index in [0.29, 0.717) is 28.7 Å². The third-order valence-electron chi connectivity index (χ3n) is 6.39. The van der Waals surface area contributed by atoms with Gasteiger partial charge in [-0.05, 0) is 79.7 Å². The number of carbonyl (C=O) groups is 2. The number of rotatable bonds is 6. The lowest BCUT2D eigenvalue weighted by Crippen LogP contribution is -2.33. The summed E-state index contributed by atoms with van der Waals surface area (Å²) in [6, 6.07) is 5.81. The molecule has 1 heterocycles. The number of benzene rings is 1. The average Bonchev–Trinajstić information content (AvgIpc) is 3.05. The molecule has 168 valence electrons. The van der Waals surface area contributed by atoms with Gasteiger partial charge in [-0.25, -0.2) is 0 Å². The minimum absolute atomic E-state index is 0.200. The first-order chi connectivity index (χ1) is 14.5. The van der Waals surface area contributed by atoms with Gasteiger partial charge in [0.1, 0.15) is 10.8 Å². The SMILES string of the molecule is CC[C@H](Oc1ccc(C)c(C)c1)C(=O)Nc1sc2c(c1C(N)=O)CC[C@H](C(C)(C)C)C2. The molecule has 0 aliphatic heterocycles. The summed E-state index contributed by atoms with van der Waals surface area (Å²) >= 11 is 1.49. The fourth-order valence-corrected chi connectivity index (χ4v) is 5.48. The summed E-state index contributed by atoms with van der Waals surface area (Å²) in [5.41, 5.74) is 9.70. The molecule has 1 aliphatic carbocycles. The molecule has 0 fully saturated rings. The lowest BCUT2D eigenvalue weighted by molar-refractivity contribution is -0.122. The molecule has 1 aliphatic rings. The predicted molar refractivity (Wildman–Crippen MR) is 127 cm³/mol. The van der Waals surface area contributed by atoms with Crippen LogP contribution in [0.2, 0.25) is 0 Å². The number of hydrogen-bond donors (Lipinski definition) is 2. The lowest BCUT2D eigenvalue weighted by atomic mass is 9.72. The van der Waals surface area contributed by atoms with Gasteiger partial charge in [0.15, 0.2) is 6.10 Å². The Morgan fingerprint density at radius 3 is 2.55 bits per heavy atom. The monoisotopic (exact) mass is 442 g/mol. The van der Waals surface area contributed by atoms with Crippen molar-refractivity contribution >= 4 is 28.2 Å². The van der Waals surface area contributed by atoms with Crippen molar-refractivity contribution in [1.29, 1.82) is 0 Å². The van der Waals surface area contributed by atoms with Crippen LogP contribution < -0.4 is 15.8 Å². The number of thiophene rings is 1. The van der Waals surface area contributed by atoms with E-state index >= 15 is 0 Å². The highest BCUT2D eigenvalue weighted by atomic mass is 32.1. The Bertz CT molecular complexity index is 987. The number of hydrogen-bond acceptors (Lipinski definition) is 4. The molecule has 2 amide bonds. The van der Waals surface area contributed by atoms with Gasteiger partial charge in [0.2, 0.25) is 0 Å². The number of ether oxygens (including phenoxy) is 1. The Balaban J connectivity index is 1.82. The van der Waals surface area contributed by atoms with Gasteiger partial charge >= 0.3 is 0 Å². The molecule has 1 aromatic heterocycles. The molecule has 1 aromatic carbocycles. The quantitative estimate of drug-likeness (QED) is 0.627. The van der Waals surface area contributed by atoms with Crippen LogP contribution in [0.25, 0.3) is 0 Å². The van der Waals surface area contributed by atoms with Gasteiger partial charge in [0, 0.05) is 4.88 Å². The largest absolute Gasteiger partial charge is 0.481 e. The van der Waals surface area contributed by atoms with Gasteiger partial charge in [-0.15, -0.1) is 11.3 Å². The Labute approximate surface area is 189 Å². The third-order valence-corrected chi connectivity index (χ3v) is 7.56. The van der Waals surface area contributed by atoms with Crippen LogP contribution in [-0.4, -0.2) is 17.9 Å². The summed E-state index contributed by atoms with van der Waals surface area (Å²) in [7, 11) is 0. The first-order valence-electron chi connectivity index (χ1n) is 11.0. The molecule has 2 atom stereocenters. The van der Waals surface area contributed by atoms with Crippen molar-refractivity contribution in [2.45, 2.75) is 73.3 Å². The zero-order valence-electron chi connectivity index (χ0n) is 19.4. The molecule has 31 heavy (non-hydrogen) atoms. The molecule has 0 bridgehead atoms. The Kier molecular flexibility index (Phi) is 6.79. The maximum atomic E-state index is 13.0. The minimum atomic E-state index is -0.649. The van der Waals surface area contributed by atoms with Gasteiger partial charge in [0.05, 0.1) is 5.56 Å². The fraction of sp³-hybridized carbons (Fsp3) is 0.520. The summed E-state index contributed by atoms with van der Waals surface area (Å²) in [4.78, 5) is 26.5. The Morgan fingerprint density at radius 1 is 1.26 bits per heavy atom. The number of nitrogens with one attached hydrogen (secondary N) is 1. The van der Waals surface area contributed by atoms with E-state index in [-0.39, 0.29) is 11.3 Å². The summed E-state index contributed by atoms with van der Waals surface area (Å²) in [5.74, 6) is 0.470. The number of primary amides is 1. The highest BCUT2D eigenvalue weighted by Crippen LogP contribution is 2.44. The number of amides is 2. The van der Waals surface area contributed by atoms with Crippen molar-refractivity contribution in [3.05, 3.63) is 45.3 Å². The normalized spacial score (nSPS) is 17.0. The molecule has 3 N–H and O–H groups in total. The van der Waals surface area contributed by atoms with Crippen molar-refractivity contribution in [3.63, 3.8) is 0 Å². The summed E-state index contributed by atoms with van der Waals surface area (Å²) in [6.45, 7) is 12.7. The molecular weight excluding hydrogens is 408 g/mol. The van der Waals surface area contributed by atoms with Crippen LogP contribution >= 0.6 is 11.3 Å². The molecule has 0 spiro atoms. The van der Waals surface area contributed by atoms with Crippen LogP contribution in [0, 0.1) is 25.2 Å². The first kappa shape index (κ1) is 23.3. The van der Waals surface area contributed by atoms with E-state index in [2.05, 4.69) is 26.1 Å². The summed E-state index contributed by atoms with van der Waals surface area (Å²) < 4.78 is 5.97. The van der Waals surface area contributed by atoms with E-state index < -0.39 is 12.0 Å². The number of carbonyl (C=O) groups excluding carboxylic acids is 2. The topological polar surface area (TPSA) is 81.4 Å². The molecule has 0 saturated carbocycles. The van der Waals surface area contributed by atoms with Crippen LogP contribution in [0.15, 0.2) is 18.2 Å². The molecule has 0 saturated heterocycles. The second kappa shape index (κ2) is 9.03. The van der Waals surface area contributed by atoms with E-state index in [1.54, 1.807) is 0 Å². The fourth-order valence-electron chi connectivity index (χ4n) is 4.14. The number of nitrogens with two attached hydrogens (primary N) is 1. The van der Waals surface area contributed by atoms with E-state index in [0.717, 1.165) is 30.4 Å². The standard InChI is InChI=1S/C25H34N2O3S/c1-7-19(30-17-10-8-14(2)15(3)12-17)23(29)27-24-21(22(26)28)18-11-9-16(25(4,5)6)13-20(18)31-24/h8,10,12,16,19H,7,9,11,13H2,1-6H3,(H2,26,28)(H,27,29)/t16-,19-/m0/s1. The van der Waals surface area contributed by atoms with Crippen molar-refractivity contribution in [2.24, 2.45) is 17.1 Å². The summed E-state index contributed by atoms with van der Waals surface area (Å²) in [6.07, 6.45) is 2.62. The minimum Gasteiger partial charge on any atom is -0.481 e. The zero-order valence-corrected chi connectivity index (χ0v) is 20.2. The second-order valence-electron chi connectivity index (χ2n) is 9.63. The maximum Gasteiger partial charge on any atom is 0.266 e. The number of fused-ring (bicyclic) bond motifs is 1. The van der Waals surface area contributed by atoms with Gasteiger partial charge in [0.25, 0.3) is 11.8 Å². The highest BCUT2D eigenvalue weighted by molar-refractivity contribution is 7.17. The molecular formula is C25H34N2O3S. The number of anilines is 1. The summed E-state index contributed by atoms with van der Waals surface area (Å²) in [5, 5.41) is 3.51. The van der Waals surface area contributed by atoms with Crippen LogP contribution in [0.4, 0.5) is 5.00 Å². The van der Waals surface area contributed by atoms with Crippen molar-refractivity contribution in [1.82, 2.24) is 0 Å². The highest BCUT2D eigenvalue weighted by Gasteiger charge is 2.34. The average molecular weight is 443 g/mol. The molecule has 3 rings (SSSR count). The molecule has 0 unspecified atom stereocenters. The van der Waals surface area contributed by atoms with Gasteiger partial charge in [-0.1, -0.05) is 33.8 Å². The zero-order chi connectivity index (χ0) is 22.9. The van der Waals surface area contributed by atoms with E-state index in [1.807, 2.05) is 39.0 Å². The van der Waals surface area contributed by atoms with Crippen LogP contribution in [0.5, 0.6) is 5.75 Å². The molecule has 6 heteroatoms. The van der Waals surface area contributed by atoms with Crippen LogP contribution in [0.3, 0.4) is 0 Å². The molecule has 5 nitrogen and oxygen atoms in total. The molecule has 2 aromatic rings. The maximum absolute atomic E-state index is 13.0. The molecule has 0 radical (unpaired) electrons. The Hall–Kier alpha value is -2.34. The van der Waals surface area contributed by atoms with E-state index in [1.165, 1.54) is 21.8 Å². The second-order valence-corrected chi connectivity index (χ2v) is 10.7. The van der Waals surface area contributed by atoms with E-state index in [9.17, 15) is 9.59 Å². The van der Waals surface area contributed by atoms with Crippen molar-refractivity contribution in [3.8, 4) is 5.75 Å². The van der Waals surface area contributed by atoms with Crippen molar-refractivity contribution in [2.75, 3.05) is 5.32 Å². The van der Waals surface area contributed by atoms with Crippen LogP contribution in [0.1, 0.15) is 72.5 Å². The van der Waals surface area contributed by atoms with Crippen molar-refractivity contribution < 1.29 is 14.3 Å². The number of aryl methyl sites for hydroxylation is 2. The van der Waals surface area contributed by atoms with Crippen LogP contribution in [-0.2, 0) is 17.6 Å². The predicted octanol–water partition coefficient (Wildman–Crippen LogP) is 5.41. The van der Waals surface area contributed by atoms with Gasteiger partial charge in [-0.2, -0.15) is 0 Å².